The molecule has 23 nitrogen and oxygen atoms in total. The molecule has 0 aliphatic carbocycles. The van der Waals surface area contributed by atoms with Crippen molar-refractivity contribution in [2.75, 3.05) is 81.5 Å². The van der Waals surface area contributed by atoms with Gasteiger partial charge in [0, 0.05) is 43.8 Å². The van der Waals surface area contributed by atoms with Crippen molar-refractivity contribution in [1.82, 2.24) is 51.4 Å². The average molecular weight is 1380 g/mol. The van der Waals surface area contributed by atoms with Gasteiger partial charge in [0.25, 0.3) is 5.91 Å². The molecule has 16 N–H and O–H groups in total. The third-order valence-corrected chi connectivity index (χ3v) is 19.2. The summed E-state index contributed by atoms with van der Waals surface area (Å²) in [5.41, 5.74) is 19.8. The second-order valence-electron chi connectivity index (χ2n) is 26.6. The van der Waals surface area contributed by atoms with E-state index in [1.165, 1.54) is 152 Å². The number of hydrogen-bond donors (Lipinski definition) is 13. The summed E-state index contributed by atoms with van der Waals surface area (Å²) < 4.78 is 1.47. The second-order valence-corrected chi connectivity index (χ2v) is 27.7. The molecule has 1 aromatic carbocycles. The summed E-state index contributed by atoms with van der Waals surface area (Å²) in [4.78, 5) is 99.5. The molecule has 2 heterocycles. The van der Waals surface area contributed by atoms with Gasteiger partial charge in [-0.3, -0.25) is 33.3 Å². The van der Waals surface area contributed by atoms with Gasteiger partial charge in [-0.2, -0.15) is 21.7 Å². The number of nitrogens with one attached hydrogen (secondary N) is 8. The van der Waals surface area contributed by atoms with E-state index in [2.05, 4.69) is 59.1 Å². The predicted octanol–water partition coefficient (Wildman–Crippen LogP) is 11.2. The number of hydrogen-bond acceptors (Lipinski definition) is 16. The molecule has 24 heteroatoms. The normalized spacial score (nSPS) is 12.4. The maximum atomic E-state index is 13.8. The molecule has 0 fully saturated rings. The Morgan fingerprint density at radius 2 is 1.03 bits per heavy atom. The Kier molecular flexibility index (Phi) is 50.2. The Morgan fingerprint density at radius 1 is 0.546 bits per heavy atom. The van der Waals surface area contributed by atoms with E-state index in [1.807, 2.05) is 0 Å². The van der Waals surface area contributed by atoms with Gasteiger partial charge in [0.05, 0.1) is 19.1 Å². The fraction of sp³-hybridized carbons (Fsp3) is 0.767. The average Bonchev–Trinajstić information content (AvgIpc) is 1.65. The first-order chi connectivity index (χ1) is 47.2. The topological polar surface area (TPSA) is 369 Å². The van der Waals surface area contributed by atoms with E-state index in [0.717, 1.165) is 115 Å². The Bertz CT molecular complexity index is 2630. The molecule has 1 unspecified atom stereocenters. The van der Waals surface area contributed by atoms with Gasteiger partial charge >= 0.3 is 17.6 Å². The van der Waals surface area contributed by atoms with Gasteiger partial charge in [-0.1, -0.05) is 186 Å². The fourth-order valence-electron chi connectivity index (χ4n) is 11.9. The highest BCUT2D eigenvalue weighted by molar-refractivity contribution is 7.99. The monoisotopic (exact) mass is 1380 g/mol. The molecule has 3 atom stereocenters. The maximum Gasteiger partial charge on any atom is 0.328 e. The molecule has 0 radical (unpaired) electrons. The first-order valence-corrected chi connectivity index (χ1v) is 39.0. The van der Waals surface area contributed by atoms with Crippen molar-refractivity contribution in [2.45, 2.75) is 282 Å². The molecule has 0 spiro atoms. The summed E-state index contributed by atoms with van der Waals surface area (Å²) in [6.45, 7) is 7.66. The van der Waals surface area contributed by atoms with Crippen LogP contribution in [0.4, 0.5) is 11.8 Å². The highest BCUT2D eigenvalue weighted by Gasteiger charge is 2.24. The third kappa shape index (κ3) is 43.4. The number of aliphatic carboxylic acids is 2. The lowest BCUT2D eigenvalue weighted by Gasteiger charge is -2.22. The molecule has 4 amide bonds. The number of thioether (sulfide) groups is 1. The molecule has 2 aromatic heterocycles. The van der Waals surface area contributed by atoms with Gasteiger partial charge < -0.3 is 69.6 Å². The van der Waals surface area contributed by atoms with Crippen LogP contribution in [0.2, 0.25) is 0 Å². The number of imidazole rings is 1. The third-order valence-electron chi connectivity index (χ3n) is 17.9. The van der Waals surface area contributed by atoms with E-state index >= 15 is 0 Å². The zero-order valence-corrected chi connectivity index (χ0v) is 60.4. The van der Waals surface area contributed by atoms with Crippen molar-refractivity contribution < 1.29 is 39.0 Å². The number of unbranched alkanes of at least 4 members (excludes halogenated alkanes) is 28. The standard InChI is InChI=1S/C73H130N14O9S/c1-2-3-51-81-72-85-67(76)66-68(86-72)87(73(96)84-66)55-58-42-44-60(45-43-58)69(93)82-54-63(88)79-52-32-31-39-62(71(95)80-53-36-50-78-48-34-33-47-77-49-35-46-74)83-70(94)61(75)57-97-56-59(38-28-24-20-16-12-8-6-10-14-18-22-26-30-41-65(91)92)37-27-23-19-15-11-7-4-5-9-13-17-21-25-29-40-64(89)90/h42-45,59,61-62,77-78H,2-41,46-57,74-75H2,1H3,(H,79,88)(H,80,95)(H,82,93)(H,83,94)(H,84,96)(H,89,90)(H,91,92)(H3,76,81,85,86)/t59?,61-,62-/m0/s1. The van der Waals surface area contributed by atoms with E-state index in [1.54, 1.807) is 36.0 Å². The number of amides is 4. The van der Waals surface area contributed by atoms with Crippen molar-refractivity contribution in [3.63, 3.8) is 0 Å². The quantitative estimate of drug-likeness (QED) is 0.0233. The van der Waals surface area contributed by atoms with Gasteiger partial charge in [-0.15, -0.1) is 0 Å². The fourth-order valence-corrected chi connectivity index (χ4v) is 13.1. The predicted molar refractivity (Wildman–Crippen MR) is 396 cm³/mol. The van der Waals surface area contributed by atoms with Gasteiger partial charge in [-0.05, 0) is 139 Å². The van der Waals surface area contributed by atoms with Crippen LogP contribution >= 0.6 is 11.8 Å². The van der Waals surface area contributed by atoms with Crippen LogP contribution in [-0.4, -0.2) is 148 Å². The smallest absolute Gasteiger partial charge is 0.328 e. The molecule has 0 saturated heterocycles. The van der Waals surface area contributed by atoms with Crippen molar-refractivity contribution in [3.8, 4) is 0 Å². The number of carboxylic acids is 2. The lowest BCUT2D eigenvalue weighted by atomic mass is 9.95. The van der Waals surface area contributed by atoms with Gasteiger partial charge in [0.1, 0.15) is 11.6 Å². The number of anilines is 2. The number of fused-ring (bicyclic) bond motifs is 1. The van der Waals surface area contributed by atoms with Gasteiger partial charge in [0.2, 0.25) is 23.7 Å². The summed E-state index contributed by atoms with van der Waals surface area (Å²) in [7, 11) is 0. The first-order valence-electron chi connectivity index (χ1n) is 37.8. The molecule has 97 heavy (non-hydrogen) atoms. The number of aromatic amines is 1. The number of nitrogen functional groups attached to an aromatic ring is 1. The number of carbonyl (C=O) groups is 6. The van der Waals surface area contributed by atoms with Crippen LogP contribution in [0.25, 0.3) is 11.2 Å². The highest BCUT2D eigenvalue weighted by Crippen LogP contribution is 2.25. The highest BCUT2D eigenvalue weighted by atomic mass is 32.2. The van der Waals surface area contributed by atoms with Crippen molar-refractivity contribution in [3.05, 3.63) is 45.9 Å². The van der Waals surface area contributed by atoms with Crippen LogP contribution in [-0.2, 0) is 30.5 Å². The Hall–Kier alpha value is -5.82. The molecule has 0 aliphatic heterocycles. The molecule has 0 aliphatic rings. The zero-order chi connectivity index (χ0) is 70.2. The molecule has 0 saturated carbocycles. The Morgan fingerprint density at radius 3 is 1.56 bits per heavy atom. The number of aromatic nitrogens is 4. The minimum atomic E-state index is -0.800. The van der Waals surface area contributed by atoms with Crippen LogP contribution in [0.3, 0.4) is 0 Å². The minimum Gasteiger partial charge on any atom is -0.481 e. The van der Waals surface area contributed by atoms with E-state index in [-0.39, 0.29) is 49.5 Å². The zero-order valence-electron chi connectivity index (χ0n) is 59.5. The van der Waals surface area contributed by atoms with Crippen molar-refractivity contribution in [2.24, 2.45) is 17.4 Å². The Balaban J connectivity index is 1.47. The van der Waals surface area contributed by atoms with Crippen molar-refractivity contribution >= 4 is 70.3 Å². The molecular formula is C73H130N14O9S. The van der Waals surface area contributed by atoms with Crippen LogP contribution in [0.5, 0.6) is 0 Å². The van der Waals surface area contributed by atoms with Crippen LogP contribution in [0.1, 0.15) is 280 Å². The molecule has 0 bridgehead atoms. The summed E-state index contributed by atoms with van der Waals surface area (Å²) >= 11 is 1.74. The lowest BCUT2D eigenvalue weighted by Crippen LogP contribution is -2.52. The van der Waals surface area contributed by atoms with E-state index in [9.17, 15) is 33.6 Å². The second kappa shape index (κ2) is 57.0. The van der Waals surface area contributed by atoms with Crippen LogP contribution in [0.15, 0.2) is 29.1 Å². The number of H-pyrrole nitrogens is 1. The lowest BCUT2D eigenvalue weighted by molar-refractivity contribution is -0.138. The summed E-state index contributed by atoms with van der Waals surface area (Å²) in [5, 5.41) is 39.2. The largest absolute Gasteiger partial charge is 0.481 e. The van der Waals surface area contributed by atoms with Crippen LogP contribution in [0, 0.1) is 5.92 Å². The SMILES string of the molecule is CCCCNc1nc(N)c2[nH]c(=O)n(Cc3ccc(C(=O)NCC(=O)NCCCC[C@H](NC(=O)[C@@H](N)CSCC(CCCCCCCCCCCCCCCCC(=O)O)CCCCCCCCCCCCCCCC(=O)O)C(=O)NCCCNCCCCNCCCN)cc3)c2n1. The Labute approximate surface area is 585 Å². The minimum absolute atomic E-state index is 0.165. The number of rotatable bonds is 66. The van der Waals surface area contributed by atoms with Gasteiger partial charge in [-0.25, -0.2) is 4.79 Å². The number of nitrogens with two attached hydrogens (primary N) is 3. The number of carbonyl (C=O) groups excluding carboxylic acids is 4. The maximum absolute atomic E-state index is 13.8. The first kappa shape index (κ1) is 85.4. The van der Waals surface area contributed by atoms with Gasteiger partial charge in [0.15, 0.2) is 11.5 Å². The number of carboxylic acid groups (broad SMARTS) is 2. The molecule has 3 rings (SSSR count). The summed E-state index contributed by atoms with van der Waals surface area (Å²) in [6, 6.07) is 5.15. The van der Waals surface area contributed by atoms with E-state index in [0.29, 0.717) is 79.8 Å². The summed E-state index contributed by atoms with van der Waals surface area (Å²) in [5.74, 6) is -0.360. The molecule has 3 aromatic rings. The molecule has 552 valence electrons. The molecular weight excluding hydrogens is 1250 g/mol. The van der Waals surface area contributed by atoms with Crippen molar-refractivity contribution in [1.29, 1.82) is 0 Å². The van der Waals surface area contributed by atoms with E-state index in [4.69, 9.17) is 27.4 Å². The van der Waals surface area contributed by atoms with E-state index < -0.39 is 35.6 Å². The number of benzene rings is 1. The van der Waals surface area contributed by atoms with Crippen LogP contribution < -0.4 is 60.1 Å². The number of nitrogens with zero attached hydrogens (tertiary/aromatic N) is 3. The summed E-state index contributed by atoms with van der Waals surface area (Å²) in [6.07, 6.45) is 42.3.